The summed E-state index contributed by atoms with van der Waals surface area (Å²) in [4.78, 5) is 36.6. The van der Waals surface area contributed by atoms with Crippen molar-refractivity contribution >= 4 is 17.8 Å². The molecule has 0 aliphatic carbocycles. The molecule has 2 N–H and O–H groups in total. The number of rotatable bonds is 6. The Balaban J connectivity index is 2.70. The van der Waals surface area contributed by atoms with Gasteiger partial charge in [-0.1, -0.05) is 51.1 Å². The number of hydrogen-bond donors (Lipinski definition) is 2. The molecule has 1 rings (SSSR count). The van der Waals surface area contributed by atoms with Crippen LogP contribution in [-0.4, -0.2) is 47.4 Å². The molecular weight excluding hydrogens is 296 g/mol. The van der Waals surface area contributed by atoms with Crippen LogP contribution in [0, 0.1) is 5.41 Å². The molecule has 6 nitrogen and oxygen atoms in total. The molecule has 1 aromatic carbocycles. The molecule has 1 aromatic rings. The third-order valence-corrected chi connectivity index (χ3v) is 3.50. The van der Waals surface area contributed by atoms with Crippen LogP contribution in [-0.2, 0) is 20.8 Å². The monoisotopic (exact) mass is 320 g/mol. The van der Waals surface area contributed by atoms with E-state index in [-0.39, 0.29) is 18.9 Å². The fraction of sp³-hybridized carbons (Fsp3) is 0.471. The third kappa shape index (κ3) is 5.73. The molecule has 0 heterocycles. The van der Waals surface area contributed by atoms with Crippen molar-refractivity contribution in [1.29, 1.82) is 0 Å². The second kappa shape index (κ2) is 7.76. The summed E-state index contributed by atoms with van der Waals surface area (Å²) in [7, 11) is 1.44. The van der Waals surface area contributed by atoms with Crippen molar-refractivity contribution in [2.75, 3.05) is 13.6 Å². The second-order valence-electron chi connectivity index (χ2n) is 6.48. The molecular formula is C17H24N2O4. The number of nitrogens with one attached hydrogen (secondary N) is 1. The maximum atomic E-state index is 12.2. The molecule has 1 atom stereocenters. The van der Waals surface area contributed by atoms with Gasteiger partial charge in [-0.2, -0.15) is 0 Å². The highest BCUT2D eigenvalue weighted by Gasteiger charge is 2.28. The maximum Gasteiger partial charge on any atom is 0.326 e. The molecule has 0 aliphatic heterocycles. The average molecular weight is 320 g/mol. The van der Waals surface area contributed by atoms with E-state index in [1.165, 1.54) is 7.05 Å². The minimum atomic E-state index is -1.08. The minimum Gasteiger partial charge on any atom is -0.480 e. The van der Waals surface area contributed by atoms with Gasteiger partial charge in [-0.05, 0) is 5.56 Å². The van der Waals surface area contributed by atoms with E-state index in [0.717, 1.165) is 10.5 Å². The van der Waals surface area contributed by atoms with Crippen LogP contribution in [0.4, 0.5) is 0 Å². The number of carbonyl (C=O) groups excluding carboxylic acids is 2. The Morgan fingerprint density at radius 2 is 1.74 bits per heavy atom. The summed E-state index contributed by atoms with van der Waals surface area (Å²) in [6.07, 6.45) is 0.214. The van der Waals surface area contributed by atoms with Crippen LogP contribution in [0.1, 0.15) is 26.3 Å². The normalized spacial score (nSPS) is 12.3. The molecule has 1 unspecified atom stereocenters. The lowest BCUT2D eigenvalue weighted by Crippen LogP contribution is -2.48. The fourth-order valence-corrected chi connectivity index (χ4v) is 1.95. The Labute approximate surface area is 136 Å². The number of carbonyl (C=O) groups is 3. The van der Waals surface area contributed by atoms with Gasteiger partial charge < -0.3 is 15.3 Å². The number of amides is 2. The van der Waals surface area contributed by atoms with E-state index in [0.29, 0.717) is 0 Å². The zero-order valence-corrected chi connectivity index (χ0v) is 14.0. The lowest BCUT2D eigenvalue weighted by Gasteiger charge is -2.26. The van der Waals surface area contributed by atoms with E-state index in [9.17, 15) is 19.5 Å². The molecule has 0 spiro atoms. The van der Waals surface area contributed by atoms with Gasteiger partial charge in [-0.15, -0.1) is 0 Å². The lowest BCUT2D eigenvalue weighted by atomic mass is 9.96. The quantitative estimate of drug-likeness (QED) is 0.827. The lowest BCUT2D eigenvalue weighted by molar-refractivity contribution is -0.148. The van der Waals surface area contributed by atoms with Gasteiger partial charge >= 0.3 is 5.97 Å². The SMILES string of the molecule is CN(C(=O)CNC(=O)C(C)(C)C)C(Cc1ccccc1)C(=O)O. The van der Waals surface area contributed by atoms with Crippen LogP contribution in [0.3, 0.4) is 0 Å². The highest BCUT2D eigenvalue weighted by Crippen LogP contribution is 2.12. The largest absolute Gasteiger partial charge is 0.480 e. The Bertz CT molecular complexity index is 564. The Hall–Kier alpha value is -2.37. The maximum absolute atomic E-state index is 12.2. The smallest absolute Gasteiger partial charge is 0.326 e. The van der Waals surface area contributed by atoms with Crippen molar-refractivity contribution in [2.45, 2.75) is 33.2 Å². The first kappa shape index (κ1) is 18.7. The molecule has 6 heteroatoms. The van der Waals surface area contributed by atoms with Crippen molar-refractivity contribution in [2.24, 2.45) is 5.41 Å². The second-order valence-corrected chi connectivity index (χ2v) is 6.48. The molecule has 2 amide bonds. The summed E-state index contributed by atoms with van der Waals surface area (Å²) in [5, 5.41) is 11.9. The Morgan fingerprint density at radius 3 is 2.22 bits per heavy atom. The molecule has 0 saturated carbocycles. The van der Waals surface area contributed by atoms with Gasteiger partial charge in [0.25, 0.3) is 0 Å². The van der Waals surface area contributed by atoms with Gasteiger partial charge in [0.05, 0.1) is 6.54 Å². The van der Waals surface area contributed by atoms with Crippen LogP contribution < -0.4 is 5.32 Å². The van der Waals surface area contributed by atoms with Crippen molar-refractivity contribution in [3.63, 3.8) is 0 Å². The van der Waals surface area contributed by atoms with Crippen LogP contribution in [0.5, 0.6) is 0 Å². The highest BCUT2D eigenvalue weighted by molar-refractivity contribution is 5.89. The van der Waals surface area contributed by atoms with Gasteiger partial charge in [0.2, 0.25) is 11.8 Å². The molecule has 0 saturated heterocycles. The topological polar surface area (TPSA) is 86.7 Å². The standard InChI is InChI=1S/C17H24N2O4/c1-17(2,3)16(23)18-11-14(20)19(4)13(15(21)22)10-12-8-6-5-7-9-12/h5-9,13H,10-11H2,1-4H3,(H,18,23)(H,21,22). The number of nitrogens with zero attached hydrogens (tertiary/aromatic N) is 1. The van der Waals surface area contributed by atoms with Crippen molar-refractivity contribution in [1.82, 2.24) is 10.2 Å². The number of benzene rings is 1. The predicted octanol–water partition coefficient (Wildman–Crippen LogP) is 1.30. The first-order valence-corrected chi connectivity index (χ1v) is 7.43. The number of hydrogen-bond acceptors (Lipinski definition) is 3. The summed E-state index contributed by atoms with van der Waals surface area (Å²) in [6.45, 7) is 5.01. The molecule has 0 bridgehead atoms. The van der Waals surface area contributed by atoms with Crippen LogP contribution in [0.2, 0.25) is 0 Å². The van der Waals surface area contributed by atoms with Crippen molar-refractivity contribution < 1.29 is 19.5 Å². The van der Waals surface area contributed by atoms with Gasteiger partial charge in [-0.3, -0.25) is 9.59 Å². The summed E-state index contributed by atoms with van der Waals surface area (Å²) in [6, 6.07) is 8.14. The number of carboxylic acid groups (broad SMARTS) is 1. The zero-order chi connectivity index (χ0) is 17.6. The van der Waals surface area contributed by atoms with E-state index in [2.05, 4.69) is 5.32 Å². The van der Waals surface area contributed by atoms with Gasteiger partial charge in [0.1, 0.15) is 6.04 Å². The molecule has 0 radical (unpaired) electrons. The summed E-state index contributed by atoms with van der Waals surface area (Å²) >= 11 is 0. The summed E-state index contributed by atoms with van der Waals surface area (Å²) < 4.78 is 0. The van der Waals surface area contributed by atoms with E-state index < -0.39 is 23.3 Å². The first-order chi connectivity index (χ1) is 10.6. The molecule has 23 heavy (non-hydrogen) atoms. The van der Waals surface area contributed by atoms with E-state index in [4.69, 9.17) is 0 Å². The summed E-state index contributed by atoms with van der Waals surface area (Å²) in [5.41, 5.74) is 0.230. The first-order valence-electron chi connectivity index (χ1n) is 7.43. The number of aliphatic carboxylic acids is 1. The molecule has 0 fully saturated rings. The molecule has 126 valence electrons. The third-order valence-electron chi connectivity index (χ3n) is 3.50. The van der Waals surface area contributed by atoms with E-state index >= 15 is 0 Å². The average Bonchev–Trinajstić information content (AvgIpc) is 2.49. The predicted molar refractivity (Wildman–Crippen MR) is 86.8 cm³/mol. The Kier molecular flexibility index (Phi) is 6.30. The fourth-order valence-electron chi connectivity index (χ4n) is 1.95. The van der Waals surface area contributed by atoms with Crippen molar-refractivity contribution in [3.05, 3.63) is 35.9 Å². The Morgan fingerprint density at radius 1 is 1.17 bits per heavy atom. The van der Waals surface area contributed by atoms with Gasteiger partial charge in [0.15, 0.2) is 0 Å². The van der Waals surface area contributed by atoms with E-state index in [1.807, 2.05) is 30.3 Å². The van der Waals surface area contributed by atoms with Crippen LogP contribution in [0.15, 0.2) is 30.3 Å². The summed E-state index contributed by atoms with van der Waals surface area (Å²) in [5.74, 6) is -1.77. The van der Waals surface area contributed by atoms with Crippen LogP contribution >= 0.6 is 0 Å². The minimum absolute atomic E-state index is 0.214. The van der Waals surface area contributed by atoms with Crippen LogP contribution in [0.25, 0.3) is 0 Å². The van der Waals surface area contributed by atoms with Crippen molar-refractivity contribution in [3.8, 4) is 0 Å². The van der Waals surface area contributed by atoms with Gasteiger partial charge in [-0.25, -0.2) is 4.79 Å². The zero-order valence-electron chi connectivity index (χ0n) is 14.0. The van der Waals surface area contributed by atoms with E-state index in [1.54, 1.807) is 20.8 Å². The number of likely N-dealkylation sites (N-methyl/N-ethyl adjacent to an activating group) is 1. The number of carboxylic acids is 1. The molecule has 0 aliphatic rings. The molecule has 0 aromatic heterocycles. The highest BCUT2D eigenvalue weighted by atomic mass is 16.4. The van der Waals surface area contributed by atoms with Gasteiger partial charge in [0, 0.05) is 18.9 Å².